The van der Waals surface area contributed by atoms with Gasteiger partial charge < -0.3 is 5.32 Å². The first kappa shape index (κ1) is 12.3. The number of nitrogens with zero attached hydrogens (tertiary/aromatic N) is 4. The highest BCUT2D eigenvalue weighted by molar-refractivity contribution is 5.31. The Labute approximate surface area is 113 Å². The molecule has 0 aromatic carbocycles. The molecule has 2 aromatic rings. The third-order valence-electron chi connectivity index (χ3n) is 3.60. The zero-order valence-corrected chi connectivity index (χ0v) is 11.4. The average molecular weight is 257 g/mol. The van der Waals surface area contributed by atoms with Gasteiger partial charge in [0, 0.05) is 17.9 Å². The Morgan fingerprint density at radius 3 is 2.89 bits per heavy atom. The molecule has 100 valence electrons. The molecule has 2 heterocycles. The number of rotatable bonds is 5. The van der Waals surface area contributed by atoms with Crippen molar-refractivity contribution in [1.29, 1.82) is 0 Å². The minimum absolute atomic E-state index is 0.760. The first-order valence-corrected chi connectivity index (χ1v) is 6.82. The second-order valence-electron chi connectivity index (χ2n) is 5.12. The maximum atomic E-state index is 4.58. The van der Waals surface area contributed by atoms with Crippen LogP contribution in [0.1, 0.15) is 29.8 Å². The van der Waals surface area contributed by atoms with Crippen LogP contribution in [0.2, 0.25) is 0 Å². The second kappa shape index (κ2) is 5.09. The number of hydrogen-bond acceptors (Lipinski definition) is 4. The molecular weight excluding hydrogens is 238 g/mol. The Bertz CT molecular complexity index is 557. The van der Waals surface area contributed by atoms with E-state index >= 15 is 0 Å². The van der Waals surface area contributed by atoms with E-state index in [1.54, 1.807) is 6.20 Å². The summed E-state index contributed by atoms with van der Waals surface area (Å²) in [5.74, 6) is 0.782. The summed E-state index contributed by atoms with van der Waals surface area (Å²) >= 11 is 0. The molecule has 0 atom stereocenters. The summed E-state index contributed by atoms with van der Waals surface area (Å²) in [5.41, 5.74) is 3.56. The van der Waals surface area contributed by atoms with E-state index in [9.17, 15) is 0 Å². The maximum Gasteiger partial charge on any atom is 0.175 e. The second-order valence-corrected chi connectivity index (χ2v) is 5.12. The Kier molecular flexibility index (Phi) is 3.29. The van der Waals surface area contributed by atoms with Gasteiger partial charge in [-0.25, -0.2) is 4.68 Å². The summed E-state index contributed by atoms with van der Waals surface area (Å²) in [7, 11) is 0. The van der Waals surface area contributed by atoms with Crippen LogP contribution >= 0.6 is 0 Å². The lowest BCUT2D eigenvalue weighted by Gasteiger charge is -2.05. The van der Waals surface area contributed by atoms with Gasteiger partial charge in [-0.2, -0.15) is 10.2 Å². The predicted molar refractivity (Wildman–Crippen MR) is 73.4 cm³/mol. The van der Waals surface area contributed by atoms with E-state index in [-0.39, 0.29) is 0 Å². The Morgan fingerprint density at radius 1 is 1.37 bits per heavy atom. The number of hydrogen-bond donors (Lipinski definition) is 1. The summed E-state index contributed by atoms with van der Waals surface area (Å²) in [5, 5.41) is 16.2. The number of aryl methyl sites for hydroxylation is 1. The summed E-state index contributed by atoms with van der Waals surface area (Å²) in [6, 6.07) is 4.57. The molecule has 0 radical (unpaired) electrons. The molecule has 0 bridgehead atoms. The standard InChI is InChI=1S/C14H19N5/c1-10-13(7-9-15-12-5-6-12)11(2)19(18-10)14-4-3-8-16-17-14/h3-4,8,12,15H,5-7,9H2,1-2H3. The molecule has 2 aromatic heterocycles. The predicted octanol–water partition coefficient (Wildman–Crippen LogP) is 1.57. The van der Waals surface area contributed by atoms with Crippen molar-refractivity contribution in [1.82, 2.24) is 25.3 Å². The minimum atomic E-state index is 0.760. The first-order valence-electron chi connectivity index (χ1n) is 6.82. The van der Waals surface area contributed by atoms with Crippen LogP contribution in [-0.4, -0.2) is 32.6 Å². The van der Waals surface area contributed by atoms with Gasteiger partial charge >= 0.3 is 0 Å². The van der Waals surface area contributed by atoms with E-state index < -0.39 is 0 Å². The monoisotopic (exact) mass is 257 g/mol. The molecular formula is C14H19N5. The largest absolute Gasteiger partial charge is 0.314 e. The third-order valence-corrected chi connectivity index (χ3v) is 3.60. The van der Waals surface area contributed by atoms with E-state index in [1.807, 2.05) is 16.8 Å². The van der Waals surface area contributed by atoms with Gasteiger partial charge in [0.15, 0.2) is 5.82 Å². The number of aromatic nitrogens is 4. The Morgan fingerprint density at radius 2 is 2.21 bits per heavy atom. The molecule has 19 heavy (non-hydrogen) atoms. The molecule has 1 aliphatic rings. The zero-order chi connectivity index (χ0) is 13.2. The van der Waals surface area contributed by atoms with Crippen molar-refractivity contribution in [2.75, 3.05) is 6.54 Å². The average Bonchev–Trinajstić information content (AvgIpc) is 3.20. The quantitative estimate of drug-likeness (QED) is 0.883. The highest BCUT2D eigenvalue weighted by atomic mass is 15.3. The molecule has 1 saturated carbocycles. The molecule has 5 nitrogen and oxygen atoms in total. The third kappa shape index (κ3) is 2.66. The molecule has 5 heteroatoms. The fraction of sp³-hybridized carbons (Fsp3) is 0.500. The van der Waals surface area contributed by atoms with Crippen LogP contribution in [0.15, 0.2) is 18.3 Å². The van der Waals surface area contributed by atoms with Crippen molar-refractivity contribution in [2.45, 2.75) is 39.2 Å². The van der Waals surface area contributed by atoms with Crippen molar-refractivity contribution in [2.24, 2.45) is 0 Å². The molecule has 0 spiro atoms. The molecule has 0 aliphatic heterocycles. The van der Waals surface area contributed by atoms with Gasteiger partial charge in [-0.05, 0) is 57.4 Å². The summed E-state index contributed by atoms with van der Waals surface area (Å²) < 4.78 is 1.88. The van der Waals surface area contributed by atoms with Gasteiger partial charge in [-0.15, -0.1) is 5.10 Å². The lowest BCUT2D eigenvalue weighted by Crippen LogP contribution is -2.19. The van der Waals surface area contributed by atoms with Crippen molar-refractivity contribution in [3.63, 3.8) is 0 Å². The molecule has 0 saturated heterocycles. The van der Waals surface area contributed by atoms with Crippen LogP contribution in [0, 0.1) is 13.8 Å². The van der Waals surface area contributed by atoms with Gasteiger partial charge in [0.05, 0.1) is 5.69 Å². The maximum absolute atomic E-state index is 4.58. The van der Waals surface area contributed by atoms with Gasteiger partial charge in [0.1, 0.15) is 0 Å². The van der Waals surface area contributed by atoms with E-state index in [1.165, 1.54) is 18.4 Å². The highest BCUT2D eigenvalue weighted by Crippen LogP contribution is 2.20. The van der Waals surface area contributed by atoms with Crippen molar-refractivity contribution < 1.29 is 0 Å². The van der Waals surface area contributed by atoms with Gasteiger partial charge in [-0.3, -0.25) is 0 Å². The van der Waals surface area contributed by atoms with Crippen LogP contribution in [0.3, 0.4) is 0 Å². The Hall–Kier alpha value is -1.75. The van der Waals surface area contributed by atoms with Gasteiger partial charge in [0.2, 0.25) is 0 Å². The smallest absolute Gasteiger partial charge is 0.175 e. The molecule has 1 fully saturated rings. The summed E-state index contributed by atoms with van der Waals surface area (Å²) in [6.45, 7) is 5.19. The molecule has 1 aliphatic carbocycles. The highest BCUT2D eigenvalue weighted by Gasteiger charge is 2.20. The number of nitrogens with one attached hydrogen (secondary N) is 1. The lowest BCUT2D eigenvalue weighted by atomic mass is 10.1. The van der Waals surface area contributed by atoms with E-state index in [2.05, 4.69) is 34.5 Å². The zero-order valence-electron chi connectivity index (χ0n) is 11.4. The lowest BCUT2D eigenvalue weighted by molar-refractivity contribution is 0.679. The van der Waals surface area contributed by atoms with Crippen molar-refractivity contribution in [3.05, 3.63) is 35.3 Å². The van der Waals surface area contributed by atoms with Crippen LogP contribution in [0.4, 0.5) is 0 Å². The van der Waals surface area contributed by atoms with Crippen LogP contribution < -0.4 is 5.32 Å². The minimum Gasteiger partial charge on any atom is -0.314 e. The van der Waals surface area contributed by atoms with E-state index in [4.69, 9.17) is 0 Å². The SMILES string of the molecule is Cc1nn(-c2cccnn2)c(C)c1CCNC1CC1. The van der Waals surface area contributed by atoms with Crippen molar-refractivity contribution >= 4 is 0 Å². The van der Waals surface area contributed by atoms with E-state index in [0.29, 0.717) is 0 Å². The Balaban J connectivity index is 1.79. The molecule has 1 N–H and O–H groups in total. The fourth-order valence-electron chi connectivity index (χ4n) is 2.35. The van der Waals surface area contributed by atoms with Crippen LogP contribution in [-0.2, 0) is 6.42 Å². The fourth-order valence-corrected chi connectivity index (χ4v) is 2.35. The molecule has 0 amide bonds. The molecule has 3 rings (SSSR count). The summed E-state index contributed by atoms with van der Waals surface area (Å²) in [6.07, 6.45) is 5.36. The van der Waals surface area contributed by atoms with Gasteiger partial charge in [-0.1, -0.05) is 0 Å². The van der Waals surface area contributed by atoms with Gasteiger partial charge in [0.25, 0.3) is 0 Å². The first-order chi connectivity index (χ1) is 9.25. The van der Waals surface area contributed by atoms with Crippen LogP contribution in [0.5, 0.6) is 0 Å². The van der Waals surface area contributed by atoms with Crippen molar-refractivity contribution in [3.8, 4) is 5.82 Å². The van der Waals surface area contributed by atoms with Crippen LogP contribution in [0.25, 0.3) is 5.82 Å². The molecule has 0 unspecified atom stereocenters. The summed E-state index contributed by atoms with van der Waals surface area (Å²) in [4.78, 5) is 0. The normalized spacial score (nSPS) is 14.8. The topological polar surface area (TPSA) is 55.6 Å². The van der Waals surface area contributed by atoms with E-state index in [0.717, 1.165) is 36.2 Å².